The van der Waals surface area contributed by atoms with Crippen LogP contribution in [-0.2, 0) is 15.0 Å². The SMILES string of the molecule is CC(=O)CC(C)(C(C)=O)c1ccccc1. The third-order valence-corrected chi connectivity index (χ3v) is 2.79. The summed E-state index contributed by atoms with van der Waals surface area (Å²) in [6, 6.07) is 9.46. The third kappa shape index (κ3) is 2.52. The highest BCUT2D eigenvalue weighted by Crippen LogP contribution is 2.28. The van der Waals surface area contributed by atoms with Crippen LogP contribution >= 0.6 is 0 Å². The normalized spacial score (nSPS) is 14.3. The van der Waals surface area contributed by atoms with Gasteiger partial charge in [-0.3, -0.25) is 9.59 Å². The van der Waals surface area contributed by atoms with Crippen LogP contribution in [0.4, 0.5) is 0 Å². The van der Waals surface area contributed by atoms with Crippen LogP contribution in [-0.4, -0.2) is 11.6 Å². The average molecular weight is 204 g/mol. The molecule has 0 saturated heterocycles. The van der Waals surface area contributed by atoms with E-state index in [9.17, 15) is 9.59 Å². The number of benzene rings is 1. The zero-order valence-electron chi connectivity index (χ0n) is 9.41. The number of carbonyl (C=O) groups is 2. The van der Waals surface area contributed by atoms with E-state index in [0.29, 0.717) is 0 Å². The summed E-state index contributed by atoms with van der Waals surface area (Å²) in [5.74, 6) is 0.0699. The van der Waals surface area contributed by atoms with E-state index in [2.05, 4.69) is 0 Å². The Balaban J connectivity index is 3.13. The summed E-state index contributed by atoms with van der Waals surface area (Å²) in [5, 5.41) is 0. The lowest BCUT2D eigenvalue weighted by atomic mass is 9.75. The maximum atomic E-state index is 11.6. The molecule has 1 aromatic carbocycles. The molecular weight excluding hydrogens is 188 g/mol. The minimum absolute atomic E-state index is 0.0314. The Morgan fingerprint density at radius 3 is 2.07 bits per heavy atom. The summed E-state index contributed by atoms with van der Waals surface area (Å²) in [5.41, 5.74) is 0.236. The first-order chi connectivity index (χ1) is 6.97. The third-order valence-electron chi connectivity index (χ3n) is 2.79. The molecule has 15 heavy (non-hydrogen) atoms. The highest BCUT2D eigenvalue weighted by Gasteiger charge is 2.32. The molecule has 0 saturated carbocycles. The van der Waals surface area contributed by atoms with E-state index < -0.39 is 5.41 Å². The van der Waals surface area contributed by atoms with Crippen molar-refractivity contribution in [3.63, 3.8) is 0 Å². The fourth-order valence-corrected chi connectivity index (χ4v) is 1.73. The minimum atomic E-state index is -0.674. The van der Waals surface area contributed by atoms with Gasteiger partial charge in [-0.05, 0) is 26.3 Å². The van der Waals surface area contributed by atoms with E-state index >= 15 is 0 Å². The molecule has 0 heterocycles. The summed E-state index contributed by atoms with van der Waals surface area (Å²) in [6.45, 7) is 4.88. The number of rotatable bonds is 4. The Hall–Kier alpha value is -1.44. The standard InChI is InChI=1S/C13H16O2/c1-10(14)9-13(3,11(2)15)12-7-5-4-6-8-12/h4-8H,9H2,1-3H3. The first-order valence-corrected chi connectivity index (χ1v) is 5.03. The summed E-state index contributed by atoms with van der Waals surface area (Å²) >= 11 is 0. The molecule has 0 aliphatic rings. The Morgan fingerprint density at radius 1 is 1.13 bits per heavy atom. The van der Waals surface area contributed by atoms with Crippen LogP contribution < -0.4 is 0 Å². The second kappa shape index (κ2) is 4.39. The van der Waals surface area contributed by atoms with Gasteiger partial charge in [0.2, 0.25) is 0 Å². The summed E-state index contributed by atoms with van der Waals surface area (Å²) in [7, 11) is 0. The molecule has 0 aliphatic heterocycles. The summed E-state index contributed by atoms with van der Waals surface area (Å²) < 4.78 is 0. The van der Waals surface area contributed by atoms with Crippen LogP contribution in [0.2, 0.25) is 0 Å². The number of carbonyl (C=O) groups excluding carboxylic acids is 2. The summed E-state index contributed by atoms with van der Waals surface area (Å²) in [4.78, 5) is 22.8. The predicted octanol–water partition coefficient (Wildman–Crippen LogP) is 2.51. The molecule has 0 amide bonds. The van der Waals surface area contributed by atoms with Crippen molar-refractivity contribution in [1.29, 1.82) is 0 Å². The first-order valence-electron chi connectivity index (χ1n) is 5.03. The molecule has 0 aromatic heterocycles. The molecule has 1 unspecified atom stereocenters. The van der Waals surface area contributed by atoms with E-state index in [4.69, 9.17) is 0 Å². The Labute approximate surface area is 90.3 Å². The molecule has 2 heteroatoms. The Bertz CT molecular complexity index is 367. The molecule has 0 fully saturated rings. The number of hydrogen-bond donors (Lipinski definition) is 0. The highest BCUT2D eigenvalue weighted by atomic mass is 16.1. The van der Waals surface area contributed by atoms with Crippen molar-refractivity contribution in [2.24, 2.45) is 0 Å². The average Bonchev–Trinajstić information content (AvgIpc) is 2.17. The first kappa shape index (κ1) is 11.6. The fourth-order valence-electron chi connectivity index (χ4n) is 1.73. The maximum Gasteiger partial charge on any atom is 0.140 e. The van der Waals surface area contributed by atoms with Gasteiger partial charge >= 0.3 is 0 Å². The molecule has 1 rings (SSSR count). The van der Waals surface area contributed by atoms with Gasteiger partial charge in [-0.1, -0.05) is 30.3 Å². The Morgan fingerprint density at radius 2 is 1.67 bits per heavy atom. The summed E-state index contributed by atoms with van der Waals surface area (Å²) in [6.07, 6.45) is 0.270. The van der Waals surface area contributed by atoms with Gasteiger partial charge in [-0.25, -0.2) is 0 Å². The quantitative estimate of drug-likeness (QED) is 0.755. The molecule has 0 aliphatic carbocycles. The number of hydrogen-bond acceptors (Lipinski definition) is 2. The molecule has 0 radical (unpaired) electrons. The fraction of sp³-hybridized carbons (Fsp3) is 0.385. The lowest BCUT2D eigenvalue weighted by molar-refractivity contribution is -0.127. The smallest absolute Gasteiger partial charge is 0.140 e. The molecular formula is C13H16O2. The van der Waals surface area contributed by atoms with Crippen LogP contribution in [0.25, 0.3) is 0 Å². The lowest BCUT2D eigenvalue weighted by Gasteiger charge is -2.26. The van der Waals surface area contributed by atoms with Gasteiger partial charge in [0.15, 0.2) is 0 Å². The molecule has 0 bridgehead atoms. The van der Waals surface area contributed by atoms with Crippen molar-refractivity contribution in [1.82, 2.24) is 0 Å². The number of ketones is 2. The second-order valence-electron chi connectivity index (χ2n) is 4.13. The van der Waals surface area contributed by atoms with Gasteiger partial charge in [0, 0.05) is 6.42 Å². The predicted molar refractivity (Wildman–Crippen MR) is 59.8 cm³/mol. The van der Waals surface area contributed by atoms with Gasteiger partial charge in [-0.15, -0.1) is 0 Å². The van der Waals surface area contributed by atoms with Gasteiger partial charge in [-0.2, -0.15) is 0 Å². The molecule has 0 N–H and O–H groups in total. The van der Waals surface area contributed by atoms with Crippen molar-refractivity contribution in [3.05, 3.63) is 35.9 Å². The van der Waals surface area contributed by atoms with Crippen LogP contribution in [0, 0.1) is 0 Å². The van der Waals surface area contributed by atoms with E-state index in [1.807, 2.05) is 37.3 Å². The number of Topliss-reactive ketones (excluding diaryl/α,β-unsaturated/α-hetero) is 2. The highest BCUT2D eigenvalue weighted by molar-refractivity contribution is 5.93. The van der Waals surface area contributed by atoms with Crippen molar-refractivity contribution in [3.8, 4) is 0 Å². The van der Waals surface area contributed by atoms with Crippen LogP contribution in [0.3, 0.4) is 0 Å². The molecule has 1 atom stereocenters. The van der Waals surface area contributed by atoms with E-state index in [1.165, 1.54) is 13.8 Å². The molecule has 1 aromatic rings. The van der Waals surface area contributed by atoms with Gasteiger partial charge in [0.05, 0.1) is 5.41 Å². The van der Waals surface area contributed by atoms with Crippen molar-refractivity contribution in [2.45, 2.75) is 32.6 Å². The van der Waals surface area contributed by atoms with Crippen LogP contribution in [0.15, 0.2) is 30.3 Å². The van der Waals surface area contributed by atoms with Crippen molar-refractivity contribution in [2.75, 3.05) is 0 Å². The van der Waals surface area contributed by atoms with Crippen molar-refractivity contribution >= 4 is 11.6 Å². The minimum Gasteiger partial charge on any atom is -0.300 e. The zero-order valence-corrected chi connectivity index (χ0v) is 9.41. The lowest BCUT2D eigenvalue weighted by Crippen LogP contribution is -2.32. The largest absolute Gasteiger partial charge is 0.300 e. The topological polar surface area (TPSA) is 34.1 Å². The van der Waals surface area contributed by atoms with E-state index in [-0.39, 0.29) is 18.0 Å². The monoisotopic (exact) mass is 204 g/mol. The molecule has 2 nitrogen and oxygen atoms in total. The van der Waals surface area contributed by atoms with Gasteiger partial charge < -0.3 is 0 Å². The zero-order chi connectivity index (χ0) is 11.5. The van der Waals surface area contributed by atoms with Crippen molar-refractivity contribution < 1.29 is 9.59 Å². The molecule has 0 spiro atoms. The van der Waals surface area contributed by atoms with Crippen LogP contribution in [0.1, 0.15) is 32.8 Å². The van der Waals surface area contributed by atoms with E-state index in [1.54, 1.807) is 0 Å². The van der Waals surface area contributed by atoms with Crippen LogP contribution in [0.5, 0.6) is 0 Å². The van der Waals surface area contributed by atoms with Gasteiger partial charge in [0.25, 0.3) is 0 Å². The van der Waals surface area contributed by atoms with E-state index in [0.717, 1.165) is 5.56 Å². The Kier molecular flexibility index (Phi) is 3.40. The maximum absolute atomic E-state index is 11.6. The van der Waals surface area contributed by atoms with Gasteiger partial charge in [0.1, 0.15) is 11.6 Å². The second-order valence-corrected chi connectivity index (χ2v) is 4.13. The molecule has 80 valence electrons.